The molecule has 5 nitrogen and oxygen atoms in total. The second kappa shape index (κ2) is 7.72. The van der Waals surface area contributed by atoms with E-state index < -0.39 is 11.6 Å². The number of benzene rings is 1. The monoisotopic (exact) mass is 306 g/mol. The summed E-state index contributed by atoms with van der Waals surface area (Å²) in [5.74, 6) is -0.0768. The van der Waals surface area contributed by atoms with Crippen molar-refractivity contribution in [3.05, 3.63) is 35.9 Å². The Morgan fingerprint density at radius 2 is 2.00 bits per heavy atom. The van der Waals surface area contributed by atoms with Gasteiger partial charge in [0.15, 0.2) is 0 Å². The molecule has 22 heavy (non-hydrogen) atoms. The molecular weight excluding hydrogens is 280 g/mol. The van der Waals surface area contributed by atoms with Crippen LogP contribution in [-0.4, -0.2) is 47.8 Å². The van der Waals surface area contributed by atoms with Crippen LogP contribution in [0.25, 0.3) is 0 Å². The zero-order valence-electron chi connectivity index (χ0n) is 13.2. The SMILES string of the molecule is CN(CC(O)COCc1ccccc1)C(=O)C1(N)CCCC1. The first-order valence-corrected chi connectivity index (χ1v) is 7.85. The van der Waals surface area contributed by atoms with Crippen molar-refractivity contribution in [2.24, 2.45) is 5.73 Å². The lowest BCUT2D eigenvalue weighted by Crippen LogP contribution is -2.54. The van der Waals surface area contributed by atoms with Gasteiger partial charge in [-0.25, -0.2) is 0 Å². The summed E-state index contributed by atoms with van der Waals surface area (Å²) in [7, 11) is 1.69. The van der Waals surface area contributed by atoms with Crippen molar-refractivity contribution in [2.45, 2.75) is 43.9 Å². The topological polar surface area (TPSA) is 75.8 Å². The fourth-order valence-corrected chi connectivity index (χ4v) is 2.94. The Balaban J connectivity index is 1.72. The molecule has 1 atom stereocenters. The fraction of sp³-hybridized carbons (Fsp3) is 0.588. The van der Waals surface area contributed by atoms with E-state index in [1.807, 2.05) is 30.3 Å². The molecule has 1 aliphatic rings. The van der Waals surface area contributed by atoms with Crippen molar-refractivity contribution in [2.75, 3.05) is 20.2 Å². The summed E-state index contributed by atoms with van der Waals surface area (Å²) in [5, 5.41) is 10.0. The van der Waals surface area contributed by atoms with Crippen molar-refractivity contribution in [3.63, 3.8) is 0 Å². The highest BCUT2D eigenvalue weighted by atomic mass is 16.5. The summed E-state index contributed by atoms with van der Waals surface area (Å²) < 4.78 is 5.49. The van der Waals surface area contributed by atoms with E-state index in [1.165, 1.54) is 4.90 Å². The molecule has 122 valence electrons. The van der Waals surface area contributed by atoms with Crippen LogP contribution >= 0.6 is 0 Å². The molecule has 1 amide bonds. The molecule has 1 aromatic rings. The lowest BCUT2D eigenvalue weighted by Gasteiger charge is -2.30. The lowest BCUT2D eigenvalue weighted by atomic mass is 9.97. The van der Waals surface area contributed by atoms with Crippen LogP contribution in [0.2, 0.25) is 0 Å². The van der Waals surface area contributed by atoms with Gasteiger partial charge in [-0.15, -0.1) is 0 Å². The van der Waals surface area contributed by atoms with Gasteiger partial charge in [-0.3, -0.25) is 4.79 Å². The Morgan fingerprint density at radius 1 is 1.36 bits per heavy atom. The Bertz CT molecular complexity index is 472. The first kappa shape index (κ1) is 16.9. The summed E-state index contributed by atoms with van der Waals surface area (Å²) in [5.41, 5.74) is 6.48. The molecule has 1 fully saturated rings. The molecule has 0 radical (unpaired) electrons. The molecule has 0 bridgehead atoms. The zero-order valence-corrected chi connectivity index (χ0v) is 13.2. The van der Waals surface area contributed by atoms with Gasteiger partial charge >= 0.3 is 0 Å². The predicted octanol–water partition coefficient (Wildman–Crippen LogP) is 1.29. The minimum absolute atomic E-state index is 0.0768. The summed E-state index contributed by atoms with van der Waals surface area (Å²) in [6, 6.07) is 9.79. The standard InChI is InChI=1S/C17H26N2O3/c1-19(16(21)17(18)9-5-6-10-17)11-15(20)13-22-12-14-7-3-2-4-8-14/h2-4,7-8,15,20H,5-6,9-13,18H2,1H3. The van der Waals surface area contributed by atoms with Gasteiger partial charge in [0.2, 0.25) is 5.91 Å². The van der Waals surface area contributed by atoms with E-state index in [4.69, 9.17) is 10.5 Å². The average Bonchev–Trinajstić information content (AvgIpc) is 2.95. The molecular formula is C17H26N2O3. The highest BCUT2D eigenvalue weighted by molar-refractivity contribution is 5.86. The van der Waals surface area contributed by atoms with Crippen molar-refractivity contribution in [1.82, 2.24) is 4.90 Å². The number of aliphatic hydroxyl groups excluding tert-OH is 1. The predicted molar refractivity (Wildman–Crippen MR) is 85.1 cm³/mol. The number of carbonyl (C=O) groups excluding carboxylic acids is 1. The van der Waals surface area contributed by atoms with E-state index >= 15 is 0 Å². The molecule has 0 aliphatic heterocycles. The van der Waals surface area contributed by atoms with Gasteiger partial charge in [0.1, 0.15) is 0 Å². The van der Waals surface area contributed by atoms with Crippen molar-refractivity contribution in [1.29, 1.82) is 0 Å². The van der Waals surface area contributed by atoms with E-state index in [1.54, 1.807) is 7.05 Å². The molecule has 0 saturated heterocycles. The maximum Gasteiger partial charge on any atom is 0.242 e. The number of rotatable bonds is 7. The molecule has 5 heteroatoms. The van der Waals surface area contributed by atoms with Gasteiger partial charge in [0.25, 0.3) is 0 Å². The molecule has 0 aromatic heterocycles. The number of aliphatic hydroxyl groups is 1. The number of amides is 1. The normalized spacial score (nSPS) is 18.1. The molecule has 3 N–H and O–H groups in total. The largest absolute Gasteiger partial charge is 0.389 e. The number of ether oxygens (including phenoxy) is 1. The van der Waals surface area contributed by atoms with E-state index in [-0.39, 0.29) is 19.1 Å². The maximum atomic E-state index is 12.3. The Hall–Kier alpha value is -1.43. The van der Waals surface area contributed by atoms with Crippen LogP contribution in [0.1, 0.15) is 31.2 Å². The third-order valence-electron chi connectivity index (χ3n) is 4.17. The van der Waals surface area contributed by atoms with Crippen LogP contribution in [-0.2, 0) is 16.1 Å². The Morgan fingerprint density at radius 3 is 2.64 bits per heavy atom. The van der Waals surface area contributed by atoms with Crippen molar-refractivity contribution in [3.8, 4) is 0 Å². The second-order valence-electron chi connectivity index (χ2n) is 6.20. The summed E-state index contributed by atoms with van der Waals surface area (Å²) in [6.07, 6.45) is 2.76. The van der Waals surface area contributed by atoms with E-state index in [0.29, 0.717) is 6.61 Å². The molecule has 0 heterocycles. The number of nitrogens with two attached hydrogens (primary N) is 1. The number of nitrogens with zero attached hydrogens (tertiary/aromatic N) is 1. The summed E-state index contributed by atoms with van der Waals surface area (Å²) in [6.45, 7) is 0.896. The molecule has 1 aromatic carbocycles. The Labute approximate surface area is 132 Å². The minimum Gasteiger partial charge on any atom is -0.389 e. The number of hydrogen-bond acceptors (Lipinski definition) is 4. The molecule has 0 spiro atoms. The first-order valence-electron chi connectivity index (χ1n) is 7.85. The van der Waals surface area contributed by atoms with Crippen molar-refractivity contribution >= 4 is 5.91 Å². The Kier molecular flexibility index (Phi) is 5.94. The average molecular weight is 306 g/mol. The van der Waals surface area contributed by atoms with Crippen LogP contribution in [0.4, 0.5) is 0 Å². The van der Waals surface area contributed by atoms with Crippen LogP contribution in [0.3, 0.4) is 0 Å². The maximum absolute atomic E-state index is 12.3. The van der Waals surface area contributed by atoms with Crippen LogP contribution < -0.4 is 5.73 Å². The van der Waals surface area contributed by atoms with Gasteiger partial charge in [-0.05, 0) is 18.4 Å². The van der Waals surface area contributed by atoms with Crippen LogP contribution in [0, 0.1) is 0 Å². The van der Waals surface area contributed by atoms with Gasteiger partial charge in [-0.1, -0.05) is 43.2 Å². The lowest BCUT2D eigenvalue weighted by molar-refractivity contribution is -0.137. The van der Waals surface area contributed by atoms with Gasteiger partial charge in [0, 0.05) is 13.6 Å². The van der Waals surface area contributed by atoms with E-state index in [2.05, 4.69) is 0 Å². The number of hydrogen-bond donors (Lipinski definition) is 2. The minimum atomic E-state index is -0.737. The highest BCUT2D eigenvalue weighted by Gasteiger charge is 2.39. The number of carbonyl (C=O) groups is 1. The fourth-order valence-electron chi connectivity index (χ4n) is 2.94. The second-order valence-corrected chi connectivity index (χ2v) is 6.20. The van der Waals surface area contributed by atoms with Gasteiger partial charge in [-0.2, -0.15) is 0 Å². The smallest absolute Gasteiger partial charge is 0.242 e. The highest BCUT2D eigenvalue weighted by Crippen LogP contribution is 2.28. The van der Waals surface area contributed by atoms with Gasteiger partial charge in [0.05, 0.1) is 24.9 Å². The number of likely N-dealkylation sites (N-methyl/N-ethyl adjacent to an activating group) is 1. The summed E-state index contributed by atoms with van der Waals surface area (Å²) >= 11 is 0. The summed E-state index contributed by atoms with van der Waals surface area (Å²) in [4.78, 5) is 13.9. The van der Waals surface area contributed by atoms with Crippen molar-refractivity contribution < 1.29 is 14.6 Å². The van der Waals surface area contributed by atoms with E-state index in [9.17, 15) is 9.90 Å². The molecule has 1 saturated carbocycles. The first-order chi connectivity index (χ1) is 10.5. The van der Waals surface area contributed by atoms with E-state index in [0.717, 1.165) is 31.2 Å². The third-order valence-corrected chi connectivity index (χ3v) is 4.17. The third kappa shape index (κ3) is 4.53. The van der Waals surface area contributed by atoms with Crippen LogP contribution in [0.5, 0.6) is 0 Å². The van der Waals surface area contributed by atoms with Gasteiger partial charge < -0.3 is 20.5 Å². The molecule has 1 aliphatic carbocycles. The molecule has 1 unspecified atom stereocenters. The van der Waals surface area contributed by atoms with Crippen LogP contribution in [0.15, 0.2) is 30.3 Å². The molecule has 2 rings (SSSR count). The quantitative estimate of drug-likeness (QED) is 0.796. The zero-order chi connectivity index (χ0) is 16.0.